The smallest absolute Gasteiger partial charge is 0.226 e. The summed E-state index contributed by atoms with van der Waals surface area (Å²) in [5.74, 6) is 2.26. The Bertz CT molecular complexity index is 318. The minimum Gasteiger partial charge on any atom is -0.339 e. The third-order valence-electron chi connectivity index (χ3n) is 3.43. The van der Waals surface area contributed by atoms with Crippen LogP contribution >= 0.6 is 0 Å². The van der Waals surface area contributed by atoms with Gasteiger partial charge in [-0.15, -0.1) is 0 Å². The van der Waals surface area contributed by atoms with Gasteiger partial charge < -0.3 is 9.84 Å². The van der Waals surface area contributed by atoms with Gasteiger partial charge in [-0.05, 0) is 32.4 Å². The molecule has 0 amide bonds. The molecule has 0 spiro atoms. The first kappa shape index (κ1) is 12.6. The Kier molecular flexibility index (Phi) is 4.98. The topological polar surface area (TPSA) is 51.0 Å². The third kappa shape index (κ3) is 3.80. The van der Waals surface area contributed by atoms with Crippen LogP contribution in [-0.2, 0) is 6.42 Å². The Balaban J connectivity index is 1.78. The minimum absolute atomic E-state index is 0.504. The predicted octanol–water partition coefficient (Wildman–Crippen LogP) is 2.66. The summed E-state index contributed by atoms with van der Waals surface area (Å²) in [5, 5.41) is 7.48. The van der Waals surface area contributed by atoms with Crippen molar-refractivity contribution in [1.82, 2.24) is 15.5 Å². The van der Waals surface area contributed by atoms with Crippen LogP contribution in [0, 0.1) is 0 Å². The van der Waals surface area contributed by atoms with Crippen molar-refractivity contribution in [3.8, 4) is 0 Å². The molecule has 0 atom stereocenters. The second-order valence-electron chi connectivity index (χ2n) is 4.88. The Hall–Kier alpha value is -0.900. The SMILES string of the molecule is CCCCCCc1nc(C2CCNCC2)no1. The number of aromatic nitrogens is 2. The maximum absolute atomic E-state index is 5.32. The summed E-state index contributed by atoms with van der Waals surface area (Å²) in [4.78, 5) is 4.53. The van der Waals surface area contributed by atoms with E-state index < -0.39 is 0 Å². The molecule has 4 heteroatoms. The number of unbranched alkanes of at least 4 members (excludes halogenated alkanes) is 3. The molecule has 1 saturated heterocycles. The van der Waals surface area contributed by atoms with Crippen LogP contribution in [0.2, 0.25) is 0 Å². The molecule has 0 aromatic carbocycles. The lowest BCUT2D eigenvalue weighted by molar-refractivity contribution is 0.357. The van der Waals surface area contributed by atoms with Crippen molar-refractivity contribution in [2.45, 2.75) is 57.8 Å². The summed E-state index contributed by atoms with van der Waals surface area (Å²) in [6, 6.07) is 0. The lowest BCUT2D eigenvalue weighted by atomic mass is 9.98. The van der Waals surface area contributed by atoms with Gasteiger partial charge in [0.25, 0.3) is 0 Å². The summed E-state index contributed by atoms with van der Waals surface area (Å²) in [5.41, 5.74) is 0. The lowest BCUT2D eigenvalue weighted by Crippen LogP contribution is -2.27. The van der Waals surface area contributed by atoms with Gasteiger partial charge in [0.05, 0.1) is 0 Å². The van der Waals surface area contributed by atoms with Gasteiger partial charge in [0.15, 0.2) is 5.82 Å². The van der Waals surface area contributed by atoms with Crippen molar-refractivity contribution in [2.24, 2.45) is 0 Å². The maximum atomic E-state index is 5.32. The molecule has 0 unspecified atom stereocenters. The van der Waals surface area contributed by atoms with Crippen molar-refractivity contribution < 1.29 is 4.52 Å². The maximum Gasteiger partial charge on any atom is 0.226 e. The van der Waals surface area contributed by atoms with Gasteiger partial charge in [-0.1, -0.05) is 31.3 Å². The van der Waals surface area contributed by atoms with E-state index in [1.165, 1.54) is 25.7 Å². The van der Waals surface area contributed by atoms with Crippen LogP contribution in [0.15, 0.2) is 4.52 Å². The summed E-state index contributed by atoms with van der Waals surface area (Å²) in [6.45, 7) is 4.37. The second kappa shape index (κ2) is 6.74. The molecular formula is C13H23N3O. The highest BCUT2D eigenvalue weighted by Gasteiger charge is 2.20. The molecule has 1 aliphatic rings. The summed E-state index contributed by atoms with van der Waals surface area (Å²) < 4.78 is 5.32. The average Bonchev–Trinajstić information content (AvgIpc) is 2.85. The van der Waals surface area contributed by atoms with Gasteiger partial charge in [-0.25, -0.2) is 0 Å². The Morgan fingerprint density at radius 3 is 2.82 bits per heavy atom. The number of nitrogens with zero attached hydrogens (tertiary/aromatic N) is 2. The third-order valence-corrected chi connectivity index (χ3v) is 3.43. The fraction of sp³-hybridized carbons (Fsp3) is 0.846. The zero-order valence-electron chi connectivity index (χ0n) is 10.7. The monoisotopic (exact) mass is 237 g/mol. The number of hydrogen-bond acceptors (Lipinski definition) is 4. The largest absolute Gasteiger partial charge is 0.339 e. The van der Waals surface area contributed by atoms with E-state index in [1.807, 2.05) is 0 Å². The Labute approximate surface area is 103 Å². The average molecular weight is 237 g/mol. The second-order valence-corrected chi connectivity index (χ2v) is 4.88. The van der Waals surface area contributed by atoms with E-state index in [9.17, 15) is 0 Å². The molecule has 0 saturated carbocycles. The van der Waals surface area contributed by atoms with Crippen molar-refractivity contribution in [2.75, 3.05) is 13.1 Å². The van der Waals surface area contributed by atoms with Crippen LogP contribution in [0.1, 0.15) is 63.1 Å². The van der Waals surface area contributed by atoms with Crippen LogP contribution in [0.3, 0.4) is 0 Å². The number of rotatable bonds is 6. The normalized spacial score (nSPS) is 17.5. The zero-order valence-corrected chi connectivity index (χ0v) is 10.7. The molecular weight excluding hydrogens is 214 g/mol. The molecule has 1 fully saturated rings. The van der Waals surface area contributed by atoms with Crippen LogP contribution in [-0.4, -0.2) is 23.2 Å². The quantitative estimate of drug-likeness (QED) is 0.773. The number of hydrogen-bond donors (Lipinski definition) is 1. The lowest BCUT2D eigenvalue weighted by Gasteiger charge is -2.18. The van der Waals surface area contributed by atoms with Crippen molar-refractivity contribution in [3.63, 3.8) is 0 Å². The Morgan fingerprint density at radius 1 is 1.24 bits per heavy atom. The molecule has 4 nitrogen and oxygen atoms in total. The number of aryl methyl sites for hydroxylation is 1. The highest BCUT2D eigenvalue weighted by molar-refractivity contribution is 4.97. The molecule has 2 heterocycles. The number of nitrogens with one attached hydrogen (secondary N) is 1. The van der Waals surface area contributed by atoms with Crippen LogP contribution in [0.4, 0.5) is 0 Å². The van der Waals surface area contributed by atoms with Gasteiger partial charge in [0.2, 0.25) is 5.89 Å². The number of piperidine rings is 1. The van der Waals surface area contributed by atoms with E-state index in [4.69, 9.17) is 4.52 Å². The van der Waals surface area contributed by atoms with E-state index in [0.29, 0.717) is 5.92 Å². The summed E-state index contributed by atoms with van der Waals surface area (Å²) >= 11 is 0. The van der Waals surface area contributed by atoms with E-state index in [0.717, 1.165) is 44.1 Å². The van der Waals surface area contributed by atoms with Crippen LogP contribution in [0.5, 0.6) is 0 Å². The first-order valence-electron chi connectivity index (χ1n) is 6.93. The summed E-state index contributed by atoms with van der Waals surface area (Å²) in [6.07, 6.45) is 8.21. The molecule has 1 aromatic heterocycles. The van der Waals surface area contributed by atoms with E-state index in [-0.39, 0.29) is 0 Å². The van der Waals surface area contributed by atoms with Crippen molar-refractivity contribution in [1.29, 1.82) is 0 Å². The summed E-state index contributed by atoms with van der Waals surface area (Å²) in [7, 11) is 0. The van der Waals surface area contributed by atoms with Gasteiger partial charge in [0, 0.05) is 12.3 Å². The van der Waals surface area contributed by atoms with Crippen molar-refractivity contribution in [3.05, 3.63) is 11.7 Å². The van der Waals surface area contributed by atoms with Gasteiger partial charge in [-0.3, -0.25) is 0 Å². The molecule has 96 valence electrons. The highest BCUT2D eigenvalue weighted by atomic mass is 16.5. The first-order chi connectivity index (χ1) is 8.40. The molecule has 1 N–H and O–H groups in total. The van der Waals surface area contributed by atoms with Crippen LogP contribution in [0.25, 0.3) is 0 Å². The standard InChI is InChI=1S/C13H23N3O/c1-2-3-4-5-6-12-15-13(16-17-12)11-7-9-14-10-8-11/h11,14H,2-10H2,1H3. The minimum atomic E-state index is 0.504. The van der Waals surface area contributed by atoms with E-state index in [1.54, 1.807) is 0 Å². The van der Waals surface area contributed by atoms with Gasteiger partial charge in [-0.2, -0.15) is 4.98 Å². The van der Waals surface area contributed by atoms with Gasteiger partial charge >= 0.3 is 0 Å². The fourth-order valence-corrected chi connectivity index (χ4v) is 2.32. The van der Waals surface area contributed by atoms with Crippen LogP contribution < -0.4 is 5.32 Å². The molecule has 2 rings (SSSR count). The molecule has 0 radical (unpaired) electrons. The molecule has 0 bridgehead atoms. The van der Waals surface area contributed by atoms with Crippen molar-refractivity contribution >= 4 is 0 Å². The first-order valence-corrected chi connectivity index (χ1v) is 6.93. The molecule has 1 aliphatic heterocycles. The fourth-order valence-electron chi connectivity index (χ4n) is 2.32. The van der Waals surface area contributed by atoms with E-state index in [2.05, 4.69) is 22.4 Å². The molecule has 1 aromatic rings. The highest BCUT2D eigenvalue weighted by Crippen LogP contribution is 2.22. The van der Waals surface area contributed by atoms with E-state index >= 15 is 0 Å². The molecule has 0 aliphatic carbocycles. The Morgan fingerprint density at radius 2 is 2.06 bits per heavy atom. The van der Waals surface area contributed by atoms with Gasteiger partial charge in [0.1, 0.15) is 0 Å². The molecule has 17 heavy (non-hydrogen) atoms. The zero-order chi connectivity index (χ0) is 11.9. The predicted molar refractivity (Wildman–Crippen MR) is 67.0 cm³/mol.